The van der Waals surface area contributed by atoms with Crippen LogP contribution in [0.2, 0.25) is 0 Å². The van der Waals surface area contributed by atoms with Crippen LogP contribution in [0.5, 0.6) is 11.5 Å². The minimum atomic E-state index is -3.01. The van der Waals surface area contributed by atoms with Crippen molar-refractivity contribution in [2.75, 3.05) is 0 Å². The van der Waals surface area contributed by atoms with Gasteiger partial charge in [-0.25, -0.2) is 0 Å². The van der Waals surface area contributed by atoms with E-state index in [9.17, 15) is 23.5 Å². The Morgan fingerprint density at radius 3 is 2.71 bits per heavy atom. The van der Waals surface area contributed by atoms with E-state index in [2.05, 4.69) is 4.74 Å². The molecular formula is C16H15F2NO5. The summed E-state index contributed by atoms with van der Waals surface area (Å²) in [5.41, 5.74) is 4.87. The summed E-state index contributed by atoms with van der Waals surface area (Å²) in [7, 11) is 0. The van der Waals surface area contributed by atoms with Gasteiger partial charge in [-0.15, -0.1) is 0 Å². The molecule has 0 aliphatic rings. The first-order valence-electron chi connectivity index (χ1n) is 6.94. The quantitative estimate of drug-likeness (QED) is 0.840. The lowest BCUT2D eigenvalue weighted by Crippen LogP contribution is -2.18. The van der Waals surface area contributed by atoms with E-state index < -0.39 is 29.6 Å². The molecule has 24 heavy (non-hydrogen) atoms. The average Bonchev–Trinajstić information content (AvgIpc) is 2.48. The third-order valence-electron chi connectivity index (χ3n) is 3.28. The van der Waals surface area contributed by atoms with Crippen LogP contribution in [0.4, 0.5) is 8.78 Å². The fourth-order valence-electron chi connectivity index (χ4n) is 2.33. The van der Waals surface area contributed by atoms with Crippen molar-refractivity contribution in [3.05, 3.63) is 57.6 Å². The Balaban J connectivity index is 2.54. The van der Waals surface area contributed by atoms with Gasteiger partial charge in [0.05, 0.1) is 5.92 Å². The number of carbonyl (C=O) groups is 1. The molecule has 6 nitrogen and oxygen atoms in total. The average molecular weight is 339 g/mol. The van der Waals surface area contributed by atoms with Crippen LogP contribution in [-0.2, 0) is 4.79 Å². The molecule has 0 bridgehead atoms. The molecule has 0 spiro atoms. The van der Waals surface area contributed by atoms with Crippen LogP contribution in [0.15, 0.2) is 39.5 Å². The SMILES string of the molecule is Cc1cc(=O)c(O)c(C(CC(N)=O)c2cccc(OC(F)F)c2)o1. The molecule has 0 aliphatic heterocycles. The van der Waals surface area contributed by atoms with Gasteiger partial charge in [0.1, 0.15) is 11.5 Å². The number of primary amides is 1. The lowest BCUT2D eigenvalue weighted by molar-refractivity contribution is -0.118. The van der Waals surface area contributed by atoms with Crippen molar-refractivity contribution in [1.82, 2.24) is 0 Å². The summed E-state index contributed by atoms with van der Waals surface area (Å²) in [4.78, 5) is 23.1. The van der Waals surface area contributed by atoms with E-state index in [1.807, 2.05) is 0 Å². The van der Waals surface area contributed by atoms with Crippen LogP contribution in [0, 0.1) is 6.92 Å². The Hall–Kier alpha value is -2.90. The van der Waals surface area contributed by atoms with Crippen molar-refractivity contribution in [3.8, 4) is 11.5 Å². The van der Waals surface area contributed by atoms with E-state index in [1.54, 1.807) is 0 Å². The molecule has 2 aromatic rings. The summed E-state index contributed by atoms with van der Waals surface area (Å²) in [6.45, 7) is -1.51. The zero-order chi connectivity index (χ0) is 17.9. The highest BCUT2D eigenvalue weighted by atomic mass is 19.3. The van der Waals surface area contributed by atoms with E-state index in [0.29, 0.717) is 5.56 Å². The topological polar surface area (TPSA) is 103 Å². The highest BCUT2D eigenvalue weighted by molar-refractivity contribution is 5.75. The summed E-state index contributed by atoms with van der Waals surface area (Å²) in [6, 6.07) is 6.63. The van der Waals surface area contributed by atoms with Crippen molar-refractivity contribution in [2.45, 2.75) is 25.9 Å². The Kier molecular flexibility index (Phi) is 5.18. The normalized spacial score (nSPS) is 12.2. The zero-order valence-electron chi connectivity index (χ0n) is 12.7. The maximum absolute atomic E-state index is 12.4. The molecule has 0 saturated carbocycles. The Labute approximate surface area is 135 Å². The number of ether oxygens (including phenoxy) is 1. The van der Waals surface area contributed by atoms with Gasteiger partial charge in [-0.05, 0) is 24.6 Å². The Bertz CT molecular complexity index is 803. The Morgan fingerprint density at radius 1 is 1.38 bits per heavy atom. The number of halogens is 2. The summed E-state index contributed by atoms with van der Waals surface area (Å²) in [5, 5.41) is 9.97. The van der Waals surface area contributed by atoms with Crippen LogP contribution in [0.1, 0.15) is 29.4 Å². The van der Waals surface area contributed by atoms with Crippen molar-refractivity contribution < 1.29 is 27.8 Å². The number of hydrogen-bond donors (Lipinski definition) is 2. The van der Waals surface area contributed by atoms with Gasteiger partial charge in [0, 0.05) is 12.5 Å². The molecule has 1 heterocycles. The first-order chi connectivity index (χ1) is 11.3. The van der Waals surface area contributed by atoms with Gasteiger partial charge in [0.15, 0.2) is 5.76 Å². The van der Waals surface area contributed by atoms with Crippen molar-refractivity contribution in [1.29, 1.82) is 0 Å². The molecule has 0 fully saturated rings. The number of carbonyl (C=O) groups excluding carboxylic acids is 1. The Morgan fingerprint density at radius 2 is 2.08 bits per heavy atom. The molecule has 8 heteroatoms. The molecular weight excluding hydrogens is 324 g/mol. The maximum atomic E-state index is 12.4. The number of amides is 1. The molecule has 0 radical (unpaired) electrons. The molecule has 1 aromatic heterocycles. The molecule has 1 aromatic carbocycles. The number of rotatable bonds is 6. The third-order valence-corrected chi connectivity index (χ3v) is 3.28. The van der Waals surface area contributed by atoms with Crippen molar-refractivity contribution >= 4 is 5.91 Å². The molecule has 1 amide bonds. The number of aromatic hydroxyl groups is 1. The second kappa shape index (κ2) is 7.12. The van der Waals surface area contributed by atoms with Gasteiger partial charge in [-0.3, -0.25) is 9.59 Å². The van der Waals surface area contributed by atoms with Crippen LogP contribution >= 0.6 is 0 Å². The molecule has 3 N–H and O–H groups in total. The monoisotopic (exact) mass is 339 g/mol. The molecule has 0 aliphatic carbocycles. The van der Waals surface area contributed by atoms with E-state index in [0.717, 1.165) is 6.07 Å². The lowest BCUT2D eigenvalue weighted by atomic mass is 9.91. The summed E-state index contributed by atoms with van der Waals surface area (Å²) >= 11 is 0. The zero-order valence-corrected chi connectivity index (χ0v) is 12.7. The fourth-order valence-corrected chi connectivity index (χ4v) is 2.33. The molecule has 2 rings (SSSR count). The van der Waals surface area contributed by atoms with Crippen molar-refractivity contribution in [2.24, 2.45) is 5.73 Å². The number of alkyl halides is 2. The maximum Gasteiger partial charge on any atom is 0.387 e. The van der Waals surface area contributed by atoms with Gasteiger partial charge in [-0.2, -0.15) is 8.78 Å². The summed E-state index contributed by atoms with van der Waals surface area (Å²) in [6.07, 6.45) is -0.294. The molecule has 1 atom stereocenters. The summed E-state index contributed by atoms with van der Waals surface area (Å²) in [5.74, 6) is -2.37. The number of aryl methyl sites for hydroxylation is 1. The lowest BCUT2D eigenvalue weighted by Gasteiger charge is -2.17. The highest BCUT2D eigenvalue weighted by Gasteiger charge is 2.25. The van der Waals surface area contributed by atoms with Gasteiger partial charge in [0.25, 0.3) is 0 Å². The predicted octanol–water partition coefficient (Wildman–Crippen LogP) is 2.26. The number of nitrogens with two attached hydrogens (primary N) is 1. The minimum absolute atomic E-state index is 0.133. The number of benzene rings is 1. The van der Waals surface area contributed by atoms with Crippen molar-refractivity contribution in [3.63, 3.8) is 0 Å². The standard InChI is InChI=1S/C16H15F2NO5/c1-8-5-12(20)14(22)15(23-8)11(7-13(19)21)9-3-2-4-10(6-9)24-16(17)18/h2-6,11,16,22H,7H2,1H3,(H2,19,21). The van der Waals surface area contributed by atoms with Gasteiger partial charge < -0.3 is 20.0 Å². The number of hydrogen-bond acceptors (Lipinski definition) is 5. The van der Waals surface area contributed by atoms with E-state index in [-0.39, 0.29) is 23.7 Å². The summed E-state index contributed by atoms with van der Waals surface area (Å²) < 4.78 is 34.4. The predicted molar refractivity (Wildman–Crippen MR) is 80.1 cm³/mol. The van der Waals surface area contributed by atoms with Crippen LogP contribution in [0.25, 0.3) is 0 Å². The fraction of sp³-hybridized carbons (Fsp3) is 0.250. The molecule has 1 unspecified atom stereocenters. The minimum Gasteiger partial charge on any atom is -0.502 e. The first kappa shape index (κ1) is 17.5. The third kappa shape index (κ3) is 4.09. The van der Waals surface area contributed by atoms with E-state index in [4.69, 9.17) is 10.2 Å². The smallest absolute Gasteiger partial charge is 0.387 e. The van der Waals surface area contributed by atoms with Crippen LogP contribution in [0.3, 0.4) is 0 Å². The van der Waals surface area contributed by atoms with Gasteiger partial charge >= 0.3 is 6.61 Å². The molecule has 128 valence electrons. The largest absolute Gasteiger partial charge is 0.502 e. The van der Waals surface area contributed by atoms with Gasteiger partial charge in [0.2, 0.25) is 17.1 Å². The second-order valence-electron chi connectivity index (χ2n) is 5.11. The van der Waals surface area contributed by atoms with Crippen LogP contribution in [-0.4, -0.2) is 17.6 Å². The van der Waals surface area contributed by atoms with E-state index >= 15 is 0 Å². The highest BCUT2D eigenvalue weighted by Crippen LogP contribution is 2.34. The molecule has 0 saturated heterocycles. The first-order valence-corrected chi connectivity index (χ1v) is 6.94. The van der Waals surface area contributed by atoms with Crippen LogP contribution < -0.4 is 15.9 Å². The second-order valence-corrected chi connectivity index (χ2v) is 5.11. The van der Waals surface area contributed by atoms with Gasteiger partial charge in [-0.1, -0.05) is 12.1 Å². The van der Waals surface area contributed by atoms with E-state index in [1.165, 1.54) is 31.2 Å².